The molecular weight excluding hydrogens is 460 g/mol. The fourth-order valence-electron chi connectivity index (χ4n) is 4.38. The summed E-state index contributed by atoms with van der Waals surface area (Å²) >= 11 is 0. The summed E-state index contributed by atoms with van der Waals surface area (Å²) in [7, 11) is -1.59. The number of aromatic nitrogens is 2. The summed E-state index contributed by atoms with van der Waals surface area (Å²) in [5.41, 5.74) is 3.85. The predicted octanol–water partition coefficient (Wildman–Crippen LogP) is 3.88. The number of piperidine rings is 1. The van der Waals surface area contributed by atoms with Gasteiger partial charge in [0.15, 0.2) is 0 Å². The smallest absolute Gasteiger partial charge is 0.246 e. The molecule has 0 aliphatic carbocycles. The quantitative estimate of drug-likeness (QED) is 0.447. The zero-order valence-electron chi connectivity index (χ0n) is 20.2. The Labute approximate surface area is 207 Å². The molecule has 1 amide bonds. The number of carbonyl (C=O) groups excluding carboxylic acids is 1. The van der Waals surface area contributed by atoms with Gasteiger partial charge in [-0.1, -0.05) is 60.7 Å². The number of hydrogen-bond donors (Lipinski definition) is 0. The molecule has 0 bridgehead atoms. The van der Waals surface area contributed by atoms with Gasteiger partial charge in [-0.15, -0.1) is 0 Å². The lowest BCUT2D eigenvalue weighted by Gasteiger charge is -2.35. The number of amides is 1. The standard InChI is InChI=1S/C27H32N4O3S/c1-3-35(33,34)29(2)25-16-18-30(19-17-25)26(32)15-14-24-21-31(20-22-10-6-4-7-11-22)28-27(24)23-12-8-5-9-13-23/h4-15,21,25H,3,16-20H2,1-2H3. The summed E-state index contributed by atoms with van der Waals surface area (Å²) in [5, 5.41) is 4.80. The highest BCUT2D eigenvalue weighted by atomic mass is 32.2. The van der Waals surface area contributed by atoms with E-state index < -0.39 is 10.0 Å². The molecule has 4 rings (SSSR count). The number of nitrogens with zero attached hydrogens (tertiary/aromatic N) is 4. The van der Waals surface area contributed by atoms with Gasteiger partial charge in [-0.05, 0) is 31.4 Å². The van der Waals surface area contributed by atoms with Crippen LogP contribution < -0.4 is 0 Å². The van der Waals surface area contributed by atoms with E-state index in [0.29, 0.717) is 32.5 Å². The third kappa shape index (κ3) is 6.07. The molecule has 1 saturated heterocycles. The van der Waals surface area contributed by atoms with Crippen LogP contribution in [0.4, 0.5) is 0 Å². The first-order valence-corrected chi connectivity index (χ1v) is 13.6. The van der Waals surface area contributed by atoms with E-state index in [2.05, 4.69) is 12.1 Å². The van der Waals surface area contributed by atoms with E-state index in [0.717, 1.165) is 22.4 Å². The molecule has 7 nitrogen and oxygen atoms in total. The minimum atomic E-state index is -3.23. The van der Waals surface area contributed by atoms with Crippen LogP contribution >= 0.6 is 0 Å². The average molecular weight is 493 g/mol. The molecule has 1 aliphatic heterocycles. The zero-order chi connectivity index (χ0) is 24.8. The summed E-state index contributed by atoms with van der Waals surface area (Å²) in [6.45, 7) is 3.37. The van der Waals surface area contributed by atoms with Gasteiger partial charge in [0.1, 0.15) is 0 Å². The Bertz CT molecular complexity index is 1260. The lowest BCUT2D eigenvalue weighted by Crippen LogP contribution is -2.47. The largest absolute Gasteiger partial charge is 0.339 e. The third-order valence-electron chi connectivity index (χ3n) is 6.52. The van der Waals surface area contributed by atoms with Crippen LogP contribution in [0.2, 0.25) is 0 Å². The minimum absolute atomic E-state index is 0.0612. The van der Waals surface area contributed by atoms with Crippen molar-refractivity contribution < 1.29 is 13.2 Å². The molecule has 8 heteroatoms. The summed E-state index contributed by atoms with van der Waals surface area (Å²) in [6.07, 6.45) is 6.68. The van der Waals surface area contributed by atoms with Crippen molar-refractivity contribution in [1.82, 2.24) is 19.0 Å². The minimum Gasteiger partial charge on any atom is -0.339 e. The highest BCUT2D eigenvalue weighted by molar-refractivity contribution is 7.89. The molecule has 0 spiro atoms. The van der Waals surface area contributed by atoms with Crippen LogP contribution in [0.15, 0.2) is 72.9 Å². The first kappa shape index (κ1) is 24.9. The molecule has 1 aromatic heterocycles. The average Bonchev–Trinajstić information content (AvgIpc) is 3.30. The van der Waals surface area contributed by atoms with Crippen molar-refractivity contribution in [2.75, 3.05) is 25.9 Å². The van der Waals surface area contributed by atoms with Crippen molar-refractivity contribution in [3.63, 3.8) is 0 Å². The molecule has 0 N–H and O–H groups in total. The van der Waals surface area contributed by atoms with Gasteiger partial charge in [0, 0.05) is 49.6 Å². The maximum atomic E-state index is 12.9. The molecule has 1 aliphatic rings. The van der Waals surface area contributed by atoms with Gasteiger partial charge in [0.25, 0.3) is 0 Å². The molecule has 35 heavy (non-hydrogen) atoms. The maximum absolute atomic E-state index is 12.9. The van der Waals surface area contributed by atoms with Crippen molar-refractivity contribution in [3.8, 4) is 11.3 Å². The van der Waals surface area contributed by atoms with Gasteiger partial charge in [-0.3, -0.25) is 9.48 Å². The second kappa shape index (κ2) is 11.0. The summed E-state index contributed by atoms with van der Waals surface area (Å²) < 4.78 is 27.7. The van der Waals surface area contributed by atoms with Gasteiger partial charge < -0.3 is 4.90 Å². The Morgan fingerprint density at radius 1 is 1.06 bits per heavy atom. The second-order valence-corrected chi connectivity index (χ2v) is 11.1. The van der Waals surface area contributed by atoms with E-state index in [-0.39, 0.29) is 17.7 Å². The number of benzene rings is 2. The van der Waals surface area contributed by atoms with Crippen LogP contribution in [-0.4, -0.2) is 65.2 Å². The molecule has 0 saturated carbocycles. The molecule has 1 fully saturated rings. The highest BCUT2D eigenvalue weighted by Crippen LogP contribution is 2.24. The Morgan fingerprint density at radius 2 is 1.69 bits per heavy atom. The van der Waals surface area contributed by atoms with Crippen LogP contribution in [0.5, 0.6) is 0 Å². The molecule has 184 valence electrons. The summed E-state index contributed by atoms with van der Waals surface area (Å²) in [4.78, 5) is 14.7. The van der Waals surface area contributed by atoms with Crippen molar-refractivity contribution in [2.24, 2.45) is 0 Å². The summed E-state index contributed by atoms with van der Waals surface area (Å²) in [5.74, 6) is 0.0202. The fraction of sp³-hybridized carbons (Fsp3) is 0.333. The van der Waals surface area contributed by atoms with Crippen molar-refractivity contribution in [3.05, 3.63) is 84.1 Å². The molecule has 0 radical (unpaired) electrons. The van der Waals surface area contributed by atoms with E-state index in [4.69, 9.17) is 5.10 Å². The highest BCUT2D eigenvalue weighted by Gasteiger charge is 2.29. The molecule has 0 unspecified atom stereocenters. The van der Waals surface area contributed by atoms with Crippen LogP contribution in [0, 0.1) is 0 Å². The van der Waals surface area contributed by atoms with Gasteiger partial charge >= 0.3 is 0 Å². The van der Waals surface area contributed by atoms with Gasteiger partial charge in [0.05, 0.1) is 18.0 Å². The van der Waals surface area contributed by atoms with Crippen LogP contribution in [0.3, 0.4) is 0 Å². The zero-order valence-corrected chi connectivity index (χ0v) is 21.1. The Kier molecular flexibility index (Phi) is 7.83. The van der Waals surface area contributed by atoms with E-state index in [9.17, 15) is 13.2 Å². The number of rotatable bonds is 8. The van der Waals surface area contributed by atoms with E-state index in [1.54, 1.807) is 24.9 Å². The van der Waals surface area contributed by atoms with Gasteiger partial charge in [-0.2, -0.15) is 5.10 Å². The van der Waals surface area contributed by atoms with E-state index in [1.165, 1.54) is 4.31 Å². The number of likely N-dealkylation sites (tertiary alicyclic amines) is 1. The van der Waals surface area contributed by atoms with Crippen LogP contribution in [0.25, 0.3) is 17.3 Å². The monoisotopic (exact) mass is 492 g/mol. The summed E-state index contributed by atoms with van der Waals surface area (Å²) in [6, 6.07) is 20.0. The first-order valence-electron chi connectivity index (χ1n) is 12.0. The van der Waals surface area contributed by atoms with Gasteiger partial charge in [0.2, 0.25) is 15.9 Å². The lowest BCUT2D eigenvalue weighted by molar-refractivity contribution is -0.127. The first-order chi connectivity index (χ1) is 16.9. The number of sulfonamides is 1. The molecule has 2 aromatic carbocycles. The fourth-order valence-corrected chi connectivity index (χ4v) is 5.45. The second-order valence-electron chi connectivity index (χ2n) is 8.79. The SMILES string of the molecule is CCS(=O)(=O)N(C)C1CCN(C(=O)C=Cc2cn(Cc3ccccc3)nc2-c2ccccc2)CC1. The third-order valence-corrected chi connectivity index (χ3v) is 8.43. The topological polar surface area (TPSA) is 75.5 Å². The van der Waals surface area contributed by atoms with E-state index >= 15 is 0 Å². The van der Waals surface area contributed by atoms with Crippen molar-refractivity contribution in [1.29, 1.82) is 0 Å². The molecule has 2 heterocycles. The number of carbonyl (C=O) groups is 1. The van der Waals surface area contributed by atoms with Crippen molar-refractivity contribution >= 4 is 22.0 Å². The van der Waals surface area contributed by atoms with Gasteiger partial charge in [-0.25, -0.2) is 12.7 Å². The maximum Gasteiger partial charge on any atom is 0.246 e. The Balaban J connectivity index is 1.47. The lowest BCUT2D eigenvalue weighted by atomic mass is 10.0. The molecular formula is C27H32N4O3S. The normalized spacial score (nSPS) is 15.2. The molecule has 3 aromatic rings. The van der Waals surface area contributed by atoms with Crippen LogP contribution in [0.1, 0.15) is 30.9 Å². The number of hydrogen-bond acceptors (Lipinski definition) is 4. The molecule has 0 atom stereocenters. The Hall–Kier alpha value is -3.23. The Morgan fingerprint density at radius 3 is 2.31 bits per heavy atom. The predicted molar refractivity (Wildman–Crippen MR) is 139 cm³/mol. The van der Waals surface area contributed by atoms with Crippen molar-refractivity contribution in [2.45, 2.75) is 32.4 Å². The van der Waals surface area contributed by atoms with Crippen LogP contribution in [-0.2, 0) is 21.4 Å². The van der Waals surface area contributed by atoms with E-state index in [1.807, 2.05) is 65.5 Å².